The Hall–Kier alpha value is -2.00. The number of carbonyl (C=O) groups excluding carboxylic acids is 1. The molecule has 0 aliphatic heterocycles. The van der Waals surface area contributed by atoms with Gasteiger partial charge in [0, 0.05) is 22.9 Å². The minimum atomic E-state index is 0.0780. The van der Waals surface area contributed by atoms with Crippen molar-refractivity contribution in [2.45, 2.75) is 6.42 Å². The van der Waals surface area contributed by atoms with Crippen molar-refractivity contribution >= 4 is 27.9 Å². The molecule has 88 valence electrons. The summed E-state index contributed by atoms with van der Waals surface area (Å²) in [6.07, 6.45) is 2.13. The molecular weight excluding hydrogens is 242 g/mol. The zero-order chi connectivity index (χ0) is 12.4. The van der Waals surface area contributed by atoms with E-state index >= 15 is 0 Å². The van der Waals surface area contributed by atoms with E-state index in [0.717, 1.165) is 15.6 Å². The van der Waals surface area contributed by atoms with E-state index in [0.29, 0.717) is 12.1 Å². The van der Waals surface area contributed by atoms with E-state index in [1.165, 1.54) is 0 Å². The second kappa shape index (κ2) is 4.70. The zero-order valence-electron chi connectivity index (χ0n) is 9.67. The molecule has 0 unspecified atom stereocenters. The van der Waals surface area contributed by atoms with Crippen molar-refractivity contribution in [1.82, 2.24) is 4.98 Å². The topological polar surface area (TPSA) is 30.0 Å². The van der Waals surface area contributed by atoms with Gasteiger partial charge in [0.1, 0.15) is 5.69 Å². The van der Waals surface area contributed by atoms with Gasteiger partial charge in [-0.2, -0.15) is 0 Å². The van der Waals surface area contributed by atoms with Crippen molar-refractivity contribution in [3.63, 3.8) is 0 Å². The molecule has 2 nitrogen and oxygen atoms in total. The van der Waals surface area contributed by atoms with Crippen molar-refractivity contribution in [3.8, 4) is 0 Å². The van der Waals surface area contributed by atoms with Crippen LogP contribution in [0.4, 0.5) is 0 Å². The Kier molecular flexibility index (Phi) is 2.90. The first-order chi connectivity index (χ1) is 8.84. The maximum absolute atomic E-state index is 12.3. The number of hydrogen-bond acceptors (Lipinski definition) is 3. The number of hydrogen-bond donors (Lipinski definition) is 0. The van der Waals surface area contributed by atoms with Gasteiger partial charge in [0.25, 0.3) is 0 Å². The number of carbonyl (C=O) groups is 1. The SMILES string of the molecule is O=C(Cc1cccs1)c1nccc2ccccc12. The number of Topliss-reactive ketones (excluding diaryl/α,β-unsaturated/α-hetero) is 1. The first-order valence-electron chi connectivity index (χ1n) is 5.74. The lowest BCUT2D eigenvalue weighted by Gasteiger charge is -2.03. The number of aromatic nitrogens is 1. The summed E-state index contributed by atoms with van der Waals surface area (Å²) < 4.78 is 0. The molecule has 2 aromatic heterocycles. The molecule has 0 spiro atoms. The quantitative estimate of drug-likeness (QED) is 0.666. The number of thiophene rings is 1. The highest BCUT2D eigenvalue weighted by molar-refractivity contribution is 7.10. The second-order valence-electron chi connectivity index (χ2n) is 4.06. The zero-order valence-corrected chi connectivity index (χ0v) is 10.5. The third kappa shape index (κ3) is 2.05. The lowest BCUT2D eigenvalue weighted by atomic mass is 10.1. The molecular formula is C15H11NOS. The van der Waals surface area contributed by atoms with Crippen LogP contribution in [0.1, 0.15) is 15.4 Å². The Morgan fingerprint density at radius 3 is 2.83 bits per heavy atom. The summed E-state index contributed by atoms with van der Waals surface area (Å²) in [6, 6.07) is 13.7. The number of ketones is 1. The van der Waals surface area contributed by atoms with Crippen LogP contribution in [0, 0.1) is 0 Å². The molecule has 3 rings (SSSR count). The molecule has 0 aliphatic rings. The van der Waals surface area contributed by atoms with E-state index < -0.39 is 0 Å². The van der Waals surface area contributed by atoms with Crippen molar-refractivity contribution in [3.05, 3.63) is 64.6 Å². The molecule has 0 saturated carbocycles. The van der Waals surface area contributed by atoms with Gasteiger partial charge in [-0.1, -0.05) is 30.3 Å². The summed E-state index contributed by atoms with van der Waals surface area (Å²) in [5, 5.41) is 3.97. The molecule has 0 atom stereocenters. The van der Waals surface area contributed by atoms with Crippen molar-refractivity contribution in [1.29, 1.82) is 0 Å². The molecule has 3 aromatic rings. The maximum Gasteiger partial charge on any atom is 0.186 e. The lowest BCUT2D eigenvalue weighted by molar-refractivity contribution is 0.0991. The van der Waals surface area contributed by atoms with Gasteiger partial charge < -0.3 is 0 Å². The van der Waals surface area contributed by atoms with Crippen LogP contribution in [0.25, 0.3) is 10.8 Å². The van der Waals surface area contributed by atoms with Crippen molar-refractivity contribution in [2.24, 2.45) is 0 Å². The van der Waals surface area contributed by atoms with E-state index in [4.69, 9.17) is 0 Å². The summed E-state index contributed by atoms with van der Waals surface area (Å²) in [5.41, 5.74) is 0.571. The normalized spacial score (nSPS) is 10.7. The summed E-state index contributed by atoms with van der Waals surface area (Å²) in [5.74, 6) is 0.0780. The van der Waals surface area contributed by atoms with E-state index in [1.807, 2.05) is 47.8 Å². The van der Waals surface area contributed by atoms with Gasteiger partial charge in [-0.25, -0.2) is 0 Å². The molecule has 0 fully saturated rings. The molecule has 0 N–H and O–H groups in total. The molecule has 3 heteroatoms. The standard InChI is InChI=1S/C15H11NOS/c17-14(10-12-5-3-9-18-12)15-13-6-2-1-4-11(13)7-8-16-15/h1-9H,10H2. The highest BCUT2D eigenvalue weighted by Gasteiger charge is 2.12. The number of pyridine rings is 1. The summed E-state index contributed by atoms with van der Waals surface area (Å²) in [4.78, 5) is 17.6. The van der Waals surface area contributed by atoms with E-state index in [9.17, 15) is 4.79 Å². The van der Waals surface area contributed by atoms with E-state index in [-0.39, 0.29) is 5.78 Å². The monoisotopic (exact) mass is 253 g/mol. The number of benzene rings is 1. The first-order valence-corrected chi connectivity index (χ1v) is 6.62. The van der Waals surface area contributed by atoms with E-state index in [2.05, 4.69) is 4.98 Å². The maximum atomic E-state index is 12.3. The number of fused-ring (bicyclic) bond motifs is 1. The van der Waals surface area contributed by atoms with Crippen LogP contribution in [0.15, 0.2) is 54.0 Å². The molecule has 2 heterocycles. The second-order valence-corrected chi connectivity index (χ2v) is 5.09. The Balaban J connectivity index is 2.01. The Labute approximate surface area is 109 Å². The molecule has 0 aliphatic carbocycles. The van der Waals surface area contributed by atoms with Crippen LogP contribution in [-0.2, 0) is 6.42 Å². The van der Waals surface area contributed by atoms with Gasteiger partial charge in [-0.15, -0.1) is 11.3 Å². The number of nitrogens with zero attached hydrogens (tertiary/aromatic N) is 1. The van der Waals surface area contributed by atoms with Gasteiger partial charge in [0.05, 0.1) is 0 Å². The first kappa shape index (κ1) is 11.1. The van der Waals surface area contributed by atoms with E-state index in [1.54, 1.807) is 17.5 Å². The van der Waals surface area contributed by atoms with Crippen LogP contribution in [0.2, 0.25) is 0 Å². The molecule has 1 aromatic carbocycles. The highest BCUT2D eigenvalue weighted by Crippen LogP contribution is 2.19. The molecule has 0 bridgehead atoms. The van der Waals surface area contributed by atoms with Crippen LogP contribution in [0.5, 0.6) is 0 Å². The lowest BCUT2D eigenvalue weighted by Crippen LogP contribution is -2.05. The third-order valence-corrected chi connectivity index (χ3v) is 3.73. The number of rotatable bonds is 3. The highest BCUT2D eigenvalue weighted by atomic mass is 32.1. The van der Waals surface area contributed by atoms with Crippen molar-refractivity contribution in [2.75, 3.05) is 0 Å². The Morgan fingerprint density at radius 1 is 1.11 bits per heavy atom. The molecule has 0 saturated heterocycles. The summed E-state index contributed by atoms with van der Waals surface area (Å²) in [7, 11) is 0. The van der Waals surface area contributed by atoms with Gasteiger partial charge in [0.15, 0.2) is 5.78 Å². The van der Waals surface area contributed by atoms with Crippen LogP contribution < -0.4 is 0 Å². The minimum absolute atomic E-state index is 0.0780. The summed E-state index contributed by atoms with van der Waals surface area (Å²) >= 11 is 1.60. The molecule has 0 amide bonds. The third-order valence-electron chi connectivity index (χ3n) is 2.85. The van der Waals surface area contributed by atoms with Crippen molar-refractivity contribution < 1.29 is 4.79 Å². The fourth-order valence-corrected chi connectivity index (χ4v) is 2.70. The molecule has 18 heavy (non-hydrogen) atoms. The average molecular weight is 253 g/mol. The van der Waals surface area contributed by atoms with Crippen LogP contribution >= 0.6 is 11.3 Å². The molecule has 0 radical (unpaired) electrons. The Bertz CT molecular complexity index is 683. The van der Waals surface area contributed by atoms with Gasteiger partial charge in [0.2, 0.25) is 0 Å². The smallest absolute Gasteiger partial charge is 0.186 e. The fourth-order valence-electron chi connectivity index (χ4n) is 2.00. The fraction of sp³-hybridized carbons (Fsp3) is 0.0667. The van der Waals surface area contributed by atoms with Gasteiger partial charge in [-0.05, 0) is 22.9 Å². The minimum Gasteiger partial charge on any atom is -0.292 e. The largest absolute Gasteiger partial charge is 0.292 e. The summed E-state index contributed by atoms with van der Waals surface area (Å²) in [6.45, 7) is 0. The average Bonchev–Trinajstić information content (AvgIpc) is 2.91. The van der Waals surface area contributed by atoms with Crippen LogP contribution in [0.3, 0.4) is 0 Å². The predicted octanol–water partition coefficient (Wildman–Crippen LogP) is 3.72. The van der Waals surface area contributed by atoms with Gasteiger partial charge >= 0.3 is 0 Å². The predicted molar refractivity (Wildman–Crippen MR) is 74.1 cm³/mol. The van der Waals surface area contributed by atoms with Crippen LogP contribution in [-0.4, -0.2) is 10.8 Å². The van der Waals surface area contributed by atoms with Gasteiger partial charge in [-0.3, -0.25) is 9.78 Å². The Morgan fingerprint density at radius 2 is 2.00 bits per heavy atom.